The first-order valence-electron chi connectivity index (χ1n) is 11.5. The van der Waals surface area contributed by atoms with E-state index in [0.717, 1.165) is 25.7 Å². The second kappa shape index (κ2) is 21.6. The fourth-order valence-electron chi connectivity index (χ4n) is 2.52. The van der Waals surface area contributed by atoms with Crippen molar-refractivity contribution in [2.45, 2.75) is 77.2 Å². The summed E-state index contributed by atoms with van der Waals surface area (Å²) in [4.78, 5) is 21.0. The molecule has 0 aromatic heterocycles. The highest BCUT2D eigenvalue weighted by atomic mass is 31.2. The van der Waals surface area contributed by atoms with E-state index in [1.165, 1.54) is 25.7 Å². The van der Waals surface area contributed by atoms with Crippen LogP contribution in [0.4, 0.5) is 0 Å². The highest BCUT2D eigenvalue weighted by Crippen LogP contribution is 2.42. The van der Waals surface area contributed by atoms with Crippen LogP contribution in [-0.2, 0) is 23.1 Å². The van der Waals surface area contributed by atoms with Crippen LogP contribution >= 0.6 is 7.82 Å². The lowest BCUT2D eigenvalue weighted by molar-refractivity contribution is -0.147. The highest BCUT2D eigenvalue weighted by Gasteiger charge is 2.22. The number of unbranched alkanes of at least 4 members (excludes halogenated alkanes) is 5. The van der Waals surface area contributed by atoms with Gasteiger partial charge >= 0.3 is 13.8 Å². The molecule has 0 saturated carbocycles. The average Bonchev–Trinajstić information content (AvgIpc) is 2.77. The Labute approximate surface area is 193 Å². The second-order valence-corrected chi connectivity index (χ2v) is 8.80. The van der Waals surface area contributed by atoms with Crippen molar-refractivity contribution in [3.8, 4) is 0 Å². The maximum absolute atomic E-state index is 11.7. The molecule has 0 aliphatic rings. The van der Waals surface area contributed by atoms with Gasteiger partial charge in [-0.15, -0.1) is 0 Å². The monoisotopic (exact) mass is 475 g/mol. The minimum atomic E-state index is -4.25. The van der Waals surface area contributed by atoms with Crippen LogP contribution in [0.2, 0.25) is 0 Å². The number of carbonyl (C=O) groups is 1. The number of hydrogen-bond donors (Lipinski definition) is 3. The summed E-state index contributed by atoms with van der Waals surface area (Å²) >= 11 is 0. The molecule has 0 spiro atoms. The molecule has 2 atom stereocenters. The third kappa shape index (κ3) is 21.9. The van der Waals surface area contributed by atoms with Crippen LogP contribution in [0.15, 0.2) is 36.5 Å². The fourth-order valence-corrected chi connectivity index (χ4v) is 3.29. The topological polar surface area (TPSA) is 128 Å². The van der Waals surface area contributed by atoms with Gasteiger partial charge in [-0.3, -0.25) is 13.8 Å². The van der Waals surface area contributed by atoms with Gasteiger partial charge in [-0.05, 0) is 44.9 Å². The van der Waals surface area contributed by atoms with E-state index in [0.29, 0.717) is 6.42 Å². The maximum Gasteiger partial charge on any atom is 0.472 e. The molecule has 32 heavy (non-hydrogen) atoms. The Morgan fingerprint density at radius 1 is 0.938 bits per heavy atom. The molecule has 0 aliphatic heterocycles. The van der Waals surface area contributed by atoms with Gasteiger partial charge < -0.3 is 20.5 Å². The molecule has 0 fully saturated rings. The Morgan fingerprint density at radius 3 is 2.12 bits per heavy atom. The third-order valence-corrected chi connectivity index (χ3v) is 5.24. The van der Waals surface area contributed by atoms with Crippen LogP contribution in [0.5, 0.6) is 0 Å². The number of aliphatic hydroxyl groups is 1. The van der Waals surface area contributed by atoms with Crippen molar-refractivity contribution in [2.75, 3.05) is 26.4 Å². The molecule has 0 heterocycles. The van der Waals surface area contributed by atoms with Crippen molar-refractivity contribution in [1.82, 2.24) is 0 Å². The molecule has 0 bridgehead atoms. The van der Waals surface area contributed by atoms with Gasteiger partial charge in [0, 0.05) is 13.0 Å². The van der Waals surface area contributed by atoms with Crippen molar-refractivity contribution in [1.29, 1.82) is 0 Å². The lowest BCUT2D eigenvalue weighted by Gasteiger charge is -2.15. The van der Waals surface area contributed by atoms with Crippen LogP contribution < -0.4 is 5.73 Å². The molecule has 8 nitrogen and oxygen atoms in total. The predicted octanol–water partition coefficient (Wildman–Crippen LogP) is 4.57. The summed E-state index contributed by atoms with van der Waals surface area (Å²) in [6.45, 7) is 1.35. The first kappa shape index (κ1) is 30.7. The van der Waals surface area contributed by atoms with Crippen LogP contribution in [0.3, 0.4) is 0 Å². The highest BCUT2D eigenvalue weighted by molar-refractivity contribution is 7.47. The molecule has 9 heteroatoms. The zero-order valence-corrected chi connectivity index (χ0v) is 20.3. The Balaban J connectivity index is 3.64. The van der Waals surface area contributed by atoms with Crippen molar-refractivity contribution >= 4 is 13.8 Å². The van der Waals surface area contributed by atoms with Gasteiger partial charge in [0.15, 0.2) is 0 Å². The van der Waals surface area contributed by atoms with Crippen molar-refractivity contribution in [3.05, 3.63) is 36.5 Å². The summed E-state index contributed by atoms with van der Waals surface area (Å²) in [6, 6.07) is 0. The van der Waals surface area contributed by atoms with Crippen molar-refractivity contribution in [2.24, 2.45) is 5.73 Å². The SMILES string of the molecule is CCCCCC=CCC=CCC=CCCCCC(=O)OCC(O)COP(=O)(O)OCCN. The minimum Gasteiger partial charge on any atom is -0.463 e. The number of nitrogens with two attached hydrogens (primary N) is 1. The molecule has 4 N–H and O–H groups in total. The zero-order chi connectivity index (χ0) is 23.9. The molecule has 0 amide bonds. The molecule has 0 aliphatic carbocycles. The van der Waals surface area contributed by atoms with Gasteiger partial charge in [-0.1, -0.05) is 56.2 Å². The smallest absolute Gasteiger partial charge is 0.463 e. The number of rotatable bonds is 21. The molecule has 186 valence electrons. The molecule has 0 saturated heterocycles. The molecule has 0 rings (SSSR count). The van der Waals surface area contributed by atoms with E-state index in [-0.39, 0.29) is 26.2 Å². The average molecular weight is 476 g/mol. The van der Waals surface area contributed by atoms with E-state index in [2.05, 4.69) is 52.4 Å². The molecular formula is C23H42NO7P. The van der Waals surface area contributed by atoms with Gasteiger partial charge in [0.25, 0.3) is 0 Å². The van der Waals surface area contributed by atoms with E-state index < -0.39 is 26.5 Å². The summed E-state index contributed by atoms with van der Waals surface area (Å²) in [7, 11) is -4.25. The van der Waals surface area contributed by atoms with Crippen molar-refractivity contribution in [3.63, 3.8) is 0 Å². The number of hydrogen-bond acceptors (Lipinski definition) is 7. The van der Waals surface area contributed by atoms with Gasteiger partial charge in [-0.2, -0.15) is 0 Å². The number of phosphoric acid groups is 1. The van der Waals surface area contributed by atoms with E-state index >= 15 is 0 Å². The Bertz CT molecular complexity index is 593. The van der Waals surface area contributed by atoms with Crippen LogP contribution in [-0.4, -0.2) is 48.4 Å². The molecule has 0 aromatic carbocycles. The minimum absolute atomic E-state index is 0.0675. The first-order valence-corrected chi connectivity index (χ1v) is 13.0. The van der Waals surface area contributed by atoms with Gasteiger partial charge in [-0.25, -0.2) is 4.57 Å². The van der Waals surface area contributed by atoms with Crippen LogP contribution in [0, 0.1) is 0 Å². The Hall–Kier alpha value is -1.28. The van der Waals surface area contributed by atoms with Crippen LogP contribution in [0.25, 0.3) is 0 Å². The lowest BCUT2D eigenvalue weighted by atomic mass is 10.1. The van der Waals surface area contributed by atoms with Gasteiger partial charge in [0.1, 0.15) is 12.7 Å². The van der Waals surface area contributed by atoms with Gasteiger partial charge in [0.2, 0.25) is 0 Å². The lowest BCUT2D eigenvalue weighted by Crippen LogP contribution is -2.23. The molecule has 0 aromatic rings. The summed E-state index contributed by atoms with van der Waals surface area (Å²) in [6.07, 6.45) is 21.4. The molecule has 0 radical (unpaired) electrons. The number of allylic oxidation sites excluding steroid dienone is 6. The predicted molar refractivity (Wildman–Crippen MR) is 127 cm³/mol. The molecular weight excluding hydrogens is 433 g/mol. The second-order valence-electron chi connectivity index (χ2n) is 7.35. The first-order chi connectivity index (χ1) is 15.4. The van der Waals surface area contributed by atoms with E-state index in [1.807, 2.05) is 0 Å². The number of phosphoric ester groups is 1. The maximum atomic E-state index is 11.7. The van der Waals surface area contributed by atoms with Crippen molar-refractivity contribution < 1.29 is 33.1 Å². The van der Waals surface area contributed by atoms with E-state index in [1.54, 1.807) is 0 Å². The number of carbonyl (C=O) groups excluding carboxylic acids is 1. The zero-order valence-electron chi connectivity index (χ0n) is 19.4. The fraction of sp³-hybridized carbons (Fsp3) is 0.696. The van der Waals surface area contributed by atoms with Crippen LogP contribution in [0.1, 0.15) is 71.1 Å². The molecule has 2 unspecified atom stereocenters. The number of aliphatic hydroxyl groups excluding tert-OH is 1. The summed E-state index contributed by atoms with van der Waals surface area (Å²) in [5.74, 6) is -0.426. The summed E-state index contributed by atoms with van der Waals surface area (Å²) < 4.78 is 25.5. The largest absolute Gasteiger partial charge is 0.472 e. The number of esters is 1. The normalized spacial score (nSPS) is 15.0. The Kier molecular flexibility index (Phi) is 20.7. The summed E-state index contributed by atoms with van der Waals surface area (Å²) in [5, 5.41) is 9.66. The van der Waals surface area contributed by atoms with E-state index in [4.69, 9.17) is 10.5 Å². The Morgan fingerprint density at radius 2 is 1.53 bits per heavy atom. The van der Waals surface area contributed by atoms with Gasteiger partial charge in [0.05, 0.1) is 13.2 Å². The quantitative estimate of drug-likeness (QED) is 0.0953. The summed E-state index contributed by atoms with van der Waals surface area (Å²) in [5.41, 5.74) is 5.16. The van der Waals surface area contributed by atoms with E-state index in [9.17, 15) is 19.4 Å². The standard InChI is InChI=1S/C23H42NO7P/c1-2-3-4-5-6-7-8-9-10-11-12-13-14-15-16-17-23(26)29-20-22(25)21-31-32(27,28)30-19-18-24/h6-7,9-10,12-13,22,25H,2-5,8,11,14-21,24H2,1H3,(H,27,28). The third-order valence-electron chi connectivity index (χ3n) is 4.26. The number of ether oxygens (including phenoxy) is 1.